The number of hydrogen-bond donors (Lipinski definition) is 0. The Morgan fingerprint density at radius 3 is 2.69 bits per heavy atom. The van der Waals surface area contributed by atoms with Gasteiger partial charge in [-0.1, -0.05) is 6.07 Å². The van der Waals surface area contributed by atoms with Crippen LogP contribution in [0.2, 0.25) is 0 Å². The van der Waals surface area contributed by atoms with E-state index in [1.54, 1.807) is 6.92 Å². The fourth-order valence-corrected chi connectivity index (χ4v) is 2.25. The third kappa shape index (κ3) is 1.86. The molecule has 0 amide bonds. The average Bonchev–Trinajstić information content (AvgIpc) is 2.63. The van der Waals surface area contributed by atoms with Crippen LogP contribution in [0, 0.1) is 18.6 Å². The maximum Gasteiger partial charge on any atom is 0.169 e. The predicted octanol–water partition coefficient (Wildman–Crippen LogP) is 3.21. The highest BCUT2D eigenvalue weighted by atomic mass is 32.1. The molecule has 0 atom stereocenters. The third-order valence-electron chi connectivity index (χ3n) is 2.05. The van der Waals surface area contributed by atoms with Crippen LogP contribution in [0.25, 0.3) is 10.4 Å². The Morgan fingerprint density at radius 2 is 2.06 bits per heavy atom. The zero-order valence-corrected chi connectivity index (χ0v) is 9.15. The van der Waals surface area contributed by atoms with Gasteiger partial charge in [0.2, 0.25) is 0 Å². The molecule has 1 aromatic carbocycles. The van der Waals surface area contributed by atoms with Crippen LogP contribution < -0.4 is 0 Å². The number of halogens is 2. The number of rotatable bonds is 2. The Hall–Kier alpha value is -1.62. The lowest BCUT2D eigenvalue weighted by atomic mass is 10.1. The van der Waals surface area contributed by atoms with E-state index in [2.05, 4.69) is 4.98 Å². The van der Waals surface area contributed by atoms with Crippen molar-refractivity contribution in [1.82, 2.24) is 4.98 Å². The van der Waals surface area contributed by atoms with Gasteiger partial charge in [-0.3, -0.25) is 4.79 Å². The van der Waals surface area contributed by atoms with Crippen LogP contribution >= 0.6 is 11.3 Å². The van der Waals surface area contributed by atoms with Crippen molar-refractivity contribution < 1.29 is 13.6 Å². The quantitative estimate of drug-likeness (QED) is 0.753. The molecule has 0 unspecified atom stereocenters. The lowest BCUT2D eigenvalue weighted by molar-refractivity contribution is 0.112. The molecule has 0 spiro atoms. The van der Waals surface area contributed by atoms with E-state index >= 15 is 0 Å². The van der Waals surface area contributed by atoms with E-state index in [4.69, 9.17) is 0 Å². The van der Waals surface area contributed by atoms with Crippen LogP contribution in [0.15, 0.2) is 18.2 Å². The van der Waals surface area contributed by atoms with E-state index in [-0.39, 0.29) is 5.69 Å². The number of benzene rings is 1. The molecule has 0 aliphatic carbocycles. The molecule has 0 saturated heterocycles. The van der Waals surface area contributed by atoms with Gasteiger partial charge in [-0.2, -0.15) is 0 Å². The van der Waals surface area contributed by atoms with Crippen LogP contribution in [0.1, 0.15) is 15.5 Å². The van der Waals surface area contributed by atoms with Gasteiger partial charge < -0.3 is 0 Å². The van der Waals surface area contributed by atoms with Gasteiger partial charge in [-0.05, 0) is 24.6 Å². The van der Waals surface area contributed by atoms with Gasteiger partial charge in [0, 0.05) is 0 Å². The minimum atomic E-state index is -0.930. The number of aldehydes is 1. The summed E-state index contributed by atoms with van der Waals surface area (Å²) in [6.07, 6.45) is 0.611. The van der Waals surface area contributed by atoms with Gasteiger partial charge in [-0.25, -0.2) is 13.8 Å². The molecule has 2 rings (SSSR count). The van der Waals surface area contributed by atoms with Crippen LogP contribution in [0.4, 0.5) is 8.78 Å². The molecule has 0 radical (unpaired) electrons. The number of carbonyl (C=O) groups excluding carboxylic acids is 1. The molecular weight excluding hydrogens is 232 g/mol. The number of aromatic nitrogens is 1. The van der Waals surface area contributed by atoms with E-state index in [1.807, 2.05) is 0 Å². The number of carbonyl (C=O) groups is 1. The van der Waals surface area contributed by atoms with E-state index in [9.17, 15) is 13.6 Å². The molecule has 5 heteroatoms. The van der Waals surface area contributed by atoms with Crippen molar-refractivity contribution in [3.05, 3.63) is 40.5 Å². The number of aryl methyl sites for hydroxylation is 1. The maximum absolute atomic E-state index is 13.0. The van der Waals surface area contributed by atoms with E-state index < -0.39 is 11.6 Å². The molecule has 0 N–H and O–H groups in total. The smallest absolute Gasteiger partial charge is 0.169 e. The topological polar surface area (TPSA) is 30.0 Å². The Bertz CT molecular complexity index is 551. The molecule has 0 saturated carbocycles. The maximum atomic E-state index is 13.0. The second-order valence-corrected chi connectivity index (χ2v) is 4.40. The Kier molecular flexibility index (Phi) is 2.78. The SMILES string of the molecule is Cc1nc(C=O)c(-c2ccc(F)c(F)c2)s1. The molecule has 1 aromatic heterocycles. The minimum absolute atomic E-state index is 0.258. The molecular formula is C11H7F2NOS. The summed E-state index contributed by atoms with van der Waals surface area (Å²) in [4.78, 5) is 15.3. The van der Waals surface area contributed by atoms with Gasteiger partial charge in [0.05, 0.1) is 9.88 Å². The number of thiazole rings is 1. The molecule has 0 fully saturated rings. The van der Waals surface area contributed by atoms with E-state index in [0.29, 0.717) is 21.7 Å². The largest absolute Gasteiger partial charge is 0.296 e. The van der Waals surface area contributed by atoms with Gasteiger partial charge in [0.25, 0.3) is 0 Å². The Morgan fingerprint density at radius 1 is 1.31 bits per heavy atom. The summed E-state index contributed by atoms with van der Waals surface area (Å²) in [5, 5.41) is 0.710. The van der Waals surface area contributed by atoms with E-state index in [1.165, 1.54) is 17.4 Å². The molecule has 1 heterocycles. The highest BCUT2D eigenvalue weighted by molar-refractivity contribution is 7.15. The molecule has 82 valence electrons. The minimum Gasteiger partial charge on any atom is -0.296 e. The van der Waals surface area contributed by atoms with Crippen molar-refractivity contribution in [1.29, 1.82) is 0 Å². The summed E-state index contributed by atoms with van der Waals surface area (Å²) in [5.74, 6) is -1.84. The summed E-state index contributed by atoms with van der Waals surface area (Å²) in [6, 6.07) is 3.53. The third-order valence-corrected chi connectivity index (χ3v) is 3.09. The van der Waals surface area contributed by atoms with Crippen molar-refractivity contribution in [2.45, 2.75) is 6.92 Å². The first-order chi connectivity index (χ1) is 7.61. The van der Waals surface area contributed by atoms with Crippen molar-refractivity contribution in [2.24, 2.45) is 0 Å². The molecule has 0 aliphatic rings. The fraction of sp³-hybridized carbons (Fsp3) is 0.0909. The van der Waals surface area contributed by atoms with Crippen LogP contribution in [0.3, 0.4) is 0 Å². The first-order valence-corrected chi connectivity index (χ1v) is 5.31. The molecule has 0 bridgehead atoms. The molecule has 0 aliphatic heterocycles. The summed E-state index contributed by atoms with van der Waals surface area (Å²) < 4.78 is 25.8. The number of nitrogens with zero attached hydrogens (tertiary/aromatic N) is 1. The summed E-state index contributed by atoms with van der Waals surface area (Å²) in [7, 11) is 0. The molecule has 16 heavy (non-hydrogen) atoms. The summed E-state index contributed by atoms with van der Waals surface area (Å²) in [5.41, 5.74) is 0.722. The van der Waals surface area contributed by atoms with Crippen LogP contribution in [-0.4, -0.2) is 11.3 Å². The average molecular weight is 239 g/mol. The van der Waals surface area contributed by atoms with Crippen molar-refractivity contribution in [2.75, 3.05) is 0 Å². The molecule has 2 aromatic rings. The normalized spacial score (nSPS) is 10.4. The van der Waals surface area contributed by atoms with E-state index in [0.717, 1.165) is 12.1 Å². The van der Waals surface area contributed by atoms with Gasteiger partial charge in [-0.15, -0.1) is 11.3 Å². The highest BCUT2D eigenvalue weighted by Gasteiger charge is 2.12. The monoisotopic (exact) mass is 239 g/mol. The van der Waals surface area contributed by atoms with Gasteiger partial charge >= 0.3 is 0 Å². The predicted molar refractivity (Wildman–Crippen MR) is 57.6 cm³/mol. The number of hydrogen-bond acceptors (Lipinski definition) is 3. The lowest BCUT2D eigenvalue weighted by Crippen LogP contribution is -1.87. The van der Waals surface area contributed by atoms with Crippen molar-refractivity contribution >= 4 is 17.6 Å². The highest BCUT2D eigenvalue weighted by Crippen LogP contribution is 2.30. The Balaban J connectivity index is 2.57. The summed E-state index contributed by atoms with van der Waals surface area (Å²) in [6.45, 7) is 1.75. The summed E-state index contributed by atoms with van der Waals surface area (Å²) >= 11 is 1.28. The van der Waals surface area contributed by atoms with Crippen molar-refractivity contribution in [3.8, 4) is 10.4 Å². The van der Waals surface area contributed by atoms with Gasteiger partial charge in [0.1, 0.15) is 5.69 Å². The second-order valence-electron chi connectivity index (χ2n) is 3.19. The lowest BCUT2D eigenvalue weighted by Gasteiger charge is -1.99. The van der Waals surface area contributed by atoms with Crippen LogP contribution in [0.5, 0.6) is 0 Å². The zero-order chi connectivity index (χ0) is 11.7. The first kappa shape index (κ1) is 10.9. The van der Waals surface area contributed by atoms with Gasteiger partial charge in [0.15, 0.2) is 17.9 Å². The fourth-order valence-electron chi connectivity index (χ4n) is 1.37. The Labute approximate surface area is 94.6 Å². The standard InChI is InChI=1S/C11H7F2NOS/c1-6-14-10(5-15)11(16-6)7-2-3-8(12)9(13)4-7/h2-5H,1H3. The zero-order valence-electron chi connectivity index (χ0n) is 8.33. The van der Waals surface area contributed by atoms with Crippen LogP contribution in [-0.2, 0) is 0 Å². The first-order valence-electron chi connectivity index (χ1n) is 4.50. The van der Waals surface area contributed by atoms with Crippen molar-refractivity contribution in [3.63, 3.8) is 0 Å². The second kappa shape index (κ2) is 4.09. The molecule has 2 nitrogen and oxygen atoms in total.